The molecule has 2 aromatic rings. The quantitative estimate of drug-likeness (QED) is 0.920. The normalized spacial score (nSPS) is 14.3. The largest absolute Gasteiger partial charge is 0.302 e. The molecule has 2 rings (SSSR count). The van der Waals surface area contributed by atoms with E-state index in [0.29, 0.717) is 4.90 Å². The van der Waals surface area contributed by atoms with Gasteiger partial charge < -0.3 is 4.55 Å². The second kappa shape index (κ2) is 5.87. The zero-order valence-electron chi connectivity index (χ0n) is 11.4. The summed E-state index contributed by atoms with van der Waals surface area (Å²) in [5.41, 5.74) is 3.62. The SMILES string of the molecule is C/C=C\c1c(C)ccc(S(=O)(O)=S)c1-c1ccccc1. The van der Waals surface area contributed by atoms with Crippen LogP contribution >= 0.6 is 0 Å². The van der Waals surface area contributed by atoms with Crippen molar-refractivity contribution in [3.8, 4) is 11.1 Å². The van der Waals surface area contributed by atoms with E-state index in [4.69, 9.17) is 11.2 Å². The van der Waals surface area contributed by atoms with Crippen LogP contribution in [0, 0.1) is 6.92 Å². The third-order valence-electron chi connectivity index (χ3n) is 3.10. The van der Waals surface area contributed by atoms with Gasteiger partial charge in [0.25, 0.3) is 0 Å². The van der Waals surface area contributed by atoms with E-state index < -0.39 is 8.77 Å². The van der Waals surface area contributed by atoms with Crippen molar-refractivity contribution in [2.75, 3.05) is 0 Å². The second-order valence-corrected chi connectivity index (χ2v) is 7.26. The third-order valence-corrected chi connectivity index (χ3v) is 4.53. The molecule has 0 aliphatic carbocycles. The lowest BCUT2D eigenvalue weighted by Gasteiger charge is -2.15. The number of benzene rings is 2. The van der Waals surface area contributed by atoms with Crippen molar-refractivity contribution >= 4 is 26.0 Å². The summed E-state index contributed by atoms with van der Waals surface area (Å²) >= 11 is 4.79. The minimum absolute atomic E-state index is 0.303. The molecular formula is C16H16O2S2. The molecule has 0 spiro atoms. The van der Waals surface area contributed by atoms with Gasteiger partial charge in [-0.1, -0.05) is 48.6 Å². The van der Waals surface area contributed by atoms with Crippen LogP contribution in [-0.4, -0.2) is 8.76 Å². The zero-order chi connectivity index (χ0) is 14.8. The van der Waals surface area contributed by atoms with Crippen LogP contribution in [0.3, 0.4) is 0 Å². The van der Waals surface area contributed by atoms with Gasteiger partial charge in [0.2, 0.25) is 0 Å². The lowest BCUT2D eigenvalue weighted by Crippen LogP contribution is -2.02. The molecule has 0 saturated carbocycles. The molecule has 0 aliphatic rings. The van der Waals surface area contributed by atoms with E-state index in [2.05, 4.69) is 0 Å². The van der Waals surface area contributed by atoms with Crippen LogP contribution in [-0.2, 0) is 20.0 Å². The first-order chi connectivity index (χ1) is 9.45. The molecule has 2 nitrogen and oxygen atoms in total. The van der Waals surface area contributed by atoms with Gasteiger partial charge in [0.15, 0.2) is 8.77 Å². The molecule has 0 aromatic heterocycles. The fourth-order valence-electron chi connectivity index (χ4n) is 2.20. The maximum atomic E-state index is 12.0. The Morgan fingerprint density at radius 3 is 2.35 bits per heavy atom. The summed E-state index contributed by atoms with van der Waals surface area (Å²) in [6.07, 6.45) is 3.86. The van der Waals surface area contributed by atoms with Gasteiger partial charge in [-0.25, -0.2) is 4.21 Å². The summed E-state index contributed by atoms with van der Waals surface area (Å²) in [5, 5.41) is 0. The molecule has 0 fully saturated rings. The lowest BCUT2D eigenvalue weighted by molar-refractivity contribution is 0.562. The standard InChI is InChI=1S/C16H16O2S2/c1-3-7-14-12(2)10-11-15(20(17,18)19)16(14)13-8-5-4-6-9-13/h3-11H,1-2H3,(H,17,18,19)/b7-3-. The Labute approximate surface area is 124 Å². The molecule has 0 radical (unpaired) electrons. The number of rotatable bonds is 3. The summed E-state index contributed by atoms with van der Waals surface area (Å²) in [6.45, 7) is 3.90. The first-order valence-electron chi connectivity index (χ1n) is 6.24. The highest BCUT2D eigenvalue weighted by Crippen LogP contribution is 2.33. The molecule has 1 N–H and O–H groups in total. The van der Waals surface area contributed by atoms with Crippen LogP contribution in [0.2, 0.25) is 0 Å². The monoisotopic (exact) mass is 304 g/mol. The van der Waals surface area contributed by atoms with Crippen molar-refractivity contribution in [2.45, 2.75) is 18.7 Å². The van der Waals surface area contributed by atoms with Crippen molar-refractivity contribution in [2.24, 2.45) is 0 Å². The number of hydrogen-bond acceptors (Lipinski definition) is 2. The second-order valence-electron chi connectivity index (χ2n) is 4.51. The Hall–Kier alpha value is -1.49. The van der Waals surface area contributed by atoms with Gasteiger partial charge >= 0.3 is 0 Å². The maximum absolute atomic E-state index is 12.0. The van der Waals surface area contributed by atoms with E-state index in [1.165, 1.54) is 0 Å². The summed E-state index contributed by atoms with van der Waals surface area (Å²) in [6, 6.07) is 13.1. The fourth-order valence-corrected chi connectivity index (χ4v) is 3.35. The Kier molecular flexibility index (Phi) is 4.38. The molecule has 0 aliphatic heterocycles. The molecule has 1 atom stereocenters. The molecule has 0 bridgehead atoms. The van der Waals surface area contributed by atoms with Crippen molar-refractivity contribution in [1.82, 2.24) is 0 Å². The topological polar surface area (TPSA) is 37.3 Å². The van der Waals surface area contributed by atoms with E-state index in [1.807, 2.05) is 62.4 Å². The predicted molar refractivity (Wildman–Crippen MR) is 87.7 cm³/mol. The molecule has 0 amide bonds. The van der Waals surface area contributed by atoms with E-state index in [1.54, 1.807) is 6.07 Å². The Bertz CT molecular complexity index is 746. The smallest absolute Gasteiger partial charge is 0.171 e. The van der Waals surface area contributed by atoms with Crippen molar-refractivity contribution in [3.05, 3.63) is 59.7 Å². The third kappa shape index (κ3) is 2.98. The Morgan fingerprint density at radius 1 is 1.15 bits per heavy atom. The van der Waals surface area contributed by atoms with E-state index in [-0.39, 0.29) is 0 Å². The molecule has 2 aromatic carbocycles. The van der Waals surface area contributed by atoms with Gasteiger partial charge in [-0.05, 0) is 36.6 Å². The average molecular weight is 304 g/mol. The molecule has 1 unspecified atom stereocenters. The van der Waals surface area contributed by atoms with Crippen LogP contribution in [0.4, 0.5) is 0 Å². The number of allylic oxidation sites excluding steroid dienone is 1. The predicted octanol–water partition coefficient (Wildman–Crippen LogP) is 4.27. The average Bonchev–Trinajstić information content (AvgIpc) is 2.40. The van der Waals surface area contributed by atoms with Crippen LogP contribution in [0.5, 0.6) is 0 Å². The fraction of sp³-hybridized carbons (Fsp3) is 0.125. The molecule has 104 valence electrons. The maximum Gasteiger partial charge on any atom is 0.171 e. The highest BCUT2D eigenvalue weighted by Gasteiger charge is 2.17. The van der Waals surface area contributed by atoms with Crippen LogP contribution in [0.1, 0.15) is 18.1 Å². The lowest BCUT2D eigenvalue weighted by atomic mass is 9.95. The van der Waals surface area contributed by atoms with Crippen molar-refractivity contribution < 1.29 is 8.76 Å². The summed E-state index contributed by atoms with van der Waals surface area (Å²) in [7, 11) is -3.44. The van der Waals surface area contributed by atoms with Gasteiger partial charge in [-0.15, -0.1) is 0 Å². The van der Waals surface area contributed by atoms with Crippen molar-refractivity contribution in [3.63, 3.8) is 0 Å². The molecule has 20 heavy (non-hydrogen) atoms. The van der Waals surface area contributed by atoms with Gasteiger partial charge in [0.1, 0.15) is 0 Å². The molecular weight excluding hydrogens is 288 g/mol. The highest BCUT2D eigenvalue weighted by atomic mass is 32.8. The van der Waals surface area contributed by atoms with Crippen LogP contribution < -0.4 is 0 Å². The summed E-state index contributed by atoms with van der Waals surface area (Å²) < 4.78 is 21.8. The number of hydrogen-bond donors (Lipinski definition) is 1. The van der Waals surface area contributed by atoms with E-state index >= 15 is 0 Å². The van der Waals surface area contributed by atoms with Crippen LogP contribution in [0.15, 0.2) is 53.4 Å². The van der Waals surface area contributed by atoms with Crippen LogP contribution in [0.25, 0.3) is 17.2 Å². The number of aryl methyl sites for hydroxylation is 1. The van der Waals surface area contributed by atoms with Gasteiger partial charge in [-0.3, -0.25) is 0 Å². The first-order valence-corrected chi connectivity index (χ1v) is 8.68. The van der Waals surface area contributed by atoms with Gasteiger partial charge in [0.05, 0.1) is 4.90 Å². The summed E-state index contributed by atoms with van der Waals surface area (Å²) in [5.74, 6) is 0. The highest BCUT2D eigenvalue weighted by molar-refractivity contribution is 8.29. The minimum Gasteiger partial charge on any atom is -0.302 e. The van der Waals surface area contributed by atoms with E-state index in [9.17, 15) is 8.76 Å². The van der Waals surface area contributed by atoms with Crippen molar-refractivity contribution in [1.29, 1.82) is 0 Å². The minimum atomic E-state index is -3.44. The first kappa shape index (κ1) is 14.9. The van der Waals surface area contributed by atoms with Gasteiger partial charge in [0, 0.05) is 16.8 Å². The van der Waals surface area contributed by atoms with E-state index in [0.717, 1.165) is 22.3 Å². The zero-order valence-corrected chi connectivity index (χ0v) is 13.0. The molecule has 0 heterocycles. The summed E-state index contributed by atoms with van der Waals surface area (Å²) in [4.78, 5) is 0.303. The van der Waals surface area contributed by atoms with Gasteiger partial charge in [-0.2, -0.15) is 0 Å². The Morgan fingerprint density at radius 2 is 1.80 bits per heavy atom. The Balaban J connectivity index is 2.90. The molecule has 0 saturated heterocycles. The molecule has 4 heteroatoms.